The number of nitrogens with one attached hydrogen (secondary N) is 1. The predicted molar refractivity (Wildman–Crippen MR) is 115 cm³/mol. The molecule has 3 rings (SSSR count). The van der Waals surface area contributed by atoms with E-state index in [1.807, 2.05) is 49.5 Å². The first kappa shape index (κ1) is 21.2. The maximum Gasteiger partial charge on any atom is 0.251 e. The Morgan fingerprint density at radius 3 is 2.48 bits per heavy atom. The van der Waals surface area contributed by atoms with E-state index in [0.717, 1.165) is 50.0 Å². The minimum absolute atomic E-state index is 0.0212. The zero-order valence-electron chi connectivity index (χ0n) is 17.5. The molecule has 0 spiro atoms. The number of hydrogen-bond acceptors (Lipinski definition) is 4. The fourth-order valence-corrected chi connectivity index (χ4v) is 3.53. The second-order valence-electron chi connectivity index (χ2n) is 7.82. The molecule has 0 bridgehead atoms. The van der Waals surface area contributed by atoms with E-state index in [2.05, 4.69) is 17.2 Å². The van der Waals surface area contributed by atoms with Crippen LogP contribution in [0, 0.1) is 6.92 Å². The van der Waals surface area contributed by atoms with Crippen LogP contribution in [0.4, 0.5) is 0 Å². The van der Waals surface area contributed by atoms with Crippen molar-refractivity contribution in [2.24, 2.45) is 0 Å². The second kappa shape index (κ2) is 10.8. The van der Waals surface area contributed by atoms with Crippen LogP contribution in [0.15, 0.2) is 42.6 Å². The highest BCUT2D eigenvalue weighted by Crippen LogP contribution is 2.23. The number of amides is 1. The molecule has 2 aromatic rings. The molecular formula is C24H32N2O3. The van der Waals surface area contributed by atoms with Gasteiger partial charge in [0.2, 0.25) is 5.88 Å². The van der Waals surface area contributed by atoms with Gasteiger partial charge in [-0.3, -0.25) is 4.79 Å². The van der Waals surface area contributed by atoms with Gasteiger partial charge in [0.25, 0.3) is 5.91 Å². The molecule has 1 aliphatic carbocycles. The van der Waals surface area contributed by atoms with Crippen LogP contribution in [0.25, 0.3) is 0 Å². The number of aromatic nitrogens is 1. The zero-order chi connectivity index (χ0) is 20.5. The number of benzene rings is 1. The van der Waals surface area contributed by atoms with Crippen LogP contribution in [0.2, 0.25) is 0 Å². The van der Waals surface area contributed by atoms with Gasteiger partial charge in [-0.25, -0.2) is 4.98 Å². The lowest BCUT2D eigenvalue weighted by molar-refractivity contribution is 0.0890. The number of ether oxygens (including phenoxy) is 2. The molecule has 5 nitrogen and oxygen atoms in total. The molecule has 1 aliphatic rings. The first-order chi connectivity index (χ1) is 14.1. The summed E-state index contributed by atoms with van der Waals surface area (Å²) in [6, 6.07) is 11.5. The van der Waals surface area contributed by atoms with Gasteiger partial charge < -0.3 is 14.8 Å². The molecule has 1 N–H and O–H groups in total. The first-order valence-electron chi connectivity index (χ1n) is 10.8. The van der Waals surface area contributed by atoms with Gasteiger partial charge >= 0.3 is 0 Å². The molecule has 156 valence electrons. The molecule has 1 amide bonds. The molecule has 29 heavy (non-hydrogen) atoms. The minimum atomic E-state index is -0.0212. The summed E-state index contributed by atoms with van der Waals surface area (Å²) in [5.41, 5.74) is 1.80. The third-order valence-corrected chi connectivity index (χ3v) is 5.31. The summed E-state index contributed by atoms with van der Waals surface area (Å²) in [5, 5.41) is 3.16. The van der Waals surface area contributed by atoms with Gasteiger partial charge in [0.15, 0.2) is 0 Å². The second-order valence-corrected chi connectivity index (χ2v) is 7.82. The zero-order valence-corrected chi connectivity index (χ0v) is 17.5. The molecule has 1 aromatic heterocycles. The summed E-state index contributed by atoms with van der Waals surface area (Å²) in [5.74, 6) is 1.48. The van der Waals surface area contributed by atoms with Gasteiger partial charge in [0.05, 0.1) is 6.61 Å². The van der Waals surface area contributed by atoms with Crippen LogP contribution in [0.1, 0.15) is 67.8 Å². The van der Waals surface area contributed by atoms with Crippen molar-refractivity contribution in [3.05, 3.63) is 53.7 Å². The van der Waals surface area contributed by atoms with Gasteiger partial charge in [-0.2, -0.15) is 0 Å². The third kappa shape index (κ3) is 6.77. The number of unbranched alkanes of at least 4 members (excludes halogenated alkanes) is 2. The Hall–Kier alpha value is -2.56. The number of rotatable bonds is 9. The van der Waals surface area contributed by atoms with E-state index in [4.69, 9.17) is 9.47 Å². The standard InChI is InChI=1S/C24H32N2O3/c1-3-4-5-16-28-21-11-7-19(8-12-21)24(27)26-20-9-13-22(14-10-20)29-23-15-6-18(2)17-25-23/h6-8,11-12,15,17,20,22H,3-5,9-10,13-14,16H2,1-2H3,(H,26,27). The Kier molecular flexibility index (Phi) is 7.91. The van der Waals surface area contributed by atoms with Crippen molar-refractivity contribution in [1.29, 1.82) is 0 Å². The highest BCUT2D eigenvalue weighted by atomic mass is 16.5. The third-order valence-electron chi connectivity index (χ3n) is 5.31. The molecule has 0 aliphatic heterocycles. The fourth-order valence-electron chi connectivity index (χ4n) is 3.53. The van der Waals surface area contributed by atoms with E-state index in [9.17, 15) is 4.79 Å². The average molecular weight is 397 g/mol. The number of hydrogen-bond donors (Lipinski definition) is 1. The van der Waals surface area contributed by atoms with Gasteiger partial charge in [0, 0.05) is 23.9 Å². The molecule has 1 saturated carbocycles. The van der Waals surface area contributed by atoms with Gasteiger partial charge in [-0.15, -0.1) is 0 Å². The molecule has 0 unspecified atom stereocenters. The molecule has 1 aromatic carbocycles. The molecule has 1 heterocycles. The molecule has 0 atom stereocenters. The highest BCUT2D eigenvalue weighted by Gasteiger charge is 2.24. The molecular weight excluding hydrogens is 364 g/mol. The van der Waals surface area contributed by atoms with E-state index in [1.165, 1.54) is 12.8 Å². The largest absolute Gasteiger partial charge is 0.494 e. The van der Waals surface area contributed by atoms with Gasteiger partial charge in [0.1, 0.15) is 11.9 Å². The Balaban J connectivity index is 1.40. The highest BCUT2D eigenvalue weighted by molar-refractivity contribution is 5.94. The van der Waals surface area contributed by atoms with Crippen LogP contribution in [0.3, 0.4) is 0 Å². The SMILES string of the molecule is CCCCCOc1ccc(C(=O)NC2CCC(Oc3ccc(C)cn3)CC2)cc1. The molecule has 0 radical (unpaired) electrons. The van der Waals surface area contributed by atoms with Gasteiger partial charge in [-0.05, 0) is 68.9 Å². The Labute approximate surface area is 173 Å². The Morgan fingerprint density at radius 1 is 1.07 bits per heavy atom. The normalized spacial score (nSPS) is 18.8. The smallest absolute Gasteiger partial charge is 0.251 e. The summed E-state index contributed by atoms with van der Waals surface area (Å²) in [4.78, 5) is 16.8. The summed E-state index contributed by atoms with van der Waals surface area (Å²) in [6.45, 7) is 4.91. The summed E-state index contributed by atoms with van der Waals surface area (Å²) in [7, 11) is 0. The lowest BCUT2D eigenvalue weighted by Crippen LogP contribution is -2.39. The van der Waals surface area contributed by atoms with Crippen molar-refractivity contribution in [2.75, 3.05) is 6.61 Å². The van der Waals surface area contributed by atoms with Crippen LogP contribution in [-0.2, 0) is 0 Å². The number of nitrogens with zero attached hydrogens (tertiary/aromatic N) is 1. The first-order valence-corrected chi connectivity index (χ1v) is 10.8. The van der Waals surface area contributed by atoms with Gasteiger partial charge in [-0.1, -0.05) is 25.8 Å². The minimum Gasteiger partial charge on any atom is -0.494 e. The monoisotopic (exact) mass is 396 g/mol. The quantitative estimate of drug-likeness (QED) is 0.601. The lowest BCUT2D eigenvalue weighted by atomic mass is 9.92. The van der Waals surface area contributed by atoms with Crippen molar-refractivity contribution in [3.63, 3.8) is 0 Å². The summed E-state index contributed by atoms with van der Waals surface area (Å²) >= 11 is 0. The van der Waals surface area contributed by atoms with Crippen molar-refractivity contribution < 1.29 is 14.3 Å². The van der Waals surface area contributed by atoms with Crippen LogP contribution in [-0.4, -0.2) is 29.6 Å². The van der Waals surface area contributed by atoms with Crippen molar-refractivity contribution in [2.45, 2.75) is 70.9 Å². The van der Waals surface area contributed by atoms with E-state index in [-0.39, 0.29) is 18.1 Å². The van der Waals surface area contributed by atoms with Crippen molar-refractivity contribution in [1.82, 2.24) is 10.3 Å². The van der Waals surface area contributed by atoms with Crippen molar-refractivity contribution in [3.8, 4) is 11.6 Å². The van der Waals surface area contributed by atoms with E-state index in [1.54, 1.807) is 0 Å². The van der Waals surface area contributed by atoms with Crippen LogP contribution in [0.5, 0.6) is 11.6 Å². The molecule has 0 saturated heterocycles. The summed E-state index contributed by atoms with van der Waals surface area (Å²) in [6.07, 6.45) is 9.09. The van der Waals surface area contributed by atoms with Crippen LogP contribution < -0.4 is 14.8 Å². The maximum atomic E-state index is 12.5. The van der Waals surface area contributed by atoms with Crippen molar-refractivity contribution >= 4 is 5.91 Å². The number of carbonyl (C=O) groups excluding carboxylic acids is 1. The average Bonchev–Trinajstić information content (AvgIpc) is 2.75. The summed E-state index contributed by atoms with van der Waals surface area (Å²) < 4.78 is 11.7. The van der Waals surface area contributed by atoms with Crippen LogP contribution >= 0.6 is 0 Å². The lowest BCUT2D eigenvalue weighted by Gasteiger charge is -2.29. The predicted octanol–water partition coefficient (Wildman–Crippen LogP) is 5.08. The van der Waals surface area contributed by atoms with E-state index >= 15 is 0 Å². The number of carbonyl (C=O) groups is 1. The number of pyridine rings is 1. The Bertz CT molecular complexity index is 751. The fraction of sp³-hybridized carbons (Fsp3) is 0.500. The molecule has 5 heteroatoms. The van der Waals surface area contributed by atoms with E-state index in [0.29, 0.717) is 11.4 Å². The Morgan fingerprint density at radius 2 is 1.83 bits per heavy atom. The topological polar surface area (TPSA) is 60.5 Å². The molecule has 1 fully saturated rings. The maximum absolute atomic E-state index is 12.5. The number of aryl methyl sites for hydroxylation is 1. The van der Waals surface area contributed by atoms with E-state index < -0.39 is 0 Å².